The number of nitrogens with two attached hydrogens (primary N) is 1. The lowest BCUT2D eigenvalue weighted by Crippen LogP contribution is -2.17. The van der Waals surface area contributed by atoms with Gasteiger partial charge in [-0.15, -0.1) is 11.6 Å². The number of primary amides is 1. The summed E-state index contributed by atoms with van der Waals surface area (Å²) in [5, 5.41) is 2.75. The summed E-state index contributed by atoms with van der Waals surface area (Å²) >= 11 is 5.51. The molecule has 3 N–H and O–H groups in total. The molecule has 0 fully saturated rings. The van der Waals surface area contributed by atoms with E-state index in [1.54, 1.807) is 24.3 Å². The third-order valence-corrected chi connectivity index (χ3v) is 2.46. The highest BCUT2D eigenvalue weighted by Gasteiger charge is 2.07. The summed E-state index contributed by atoms with van der Waals surface area (Å²) in [6.45, 7) is 0. The lowest BCUT2D eigenvalue weighted by atomic mass is 10.1. The zero-order chi connectivity index (χ0) is 12.7. The molecule has 92 valence electrons. The molecule has 0 aliphatic carbocycles. The maximum Gasteiger partial charge on any atom is 0.224 e. The van der Waals surface area contributed by atoms with Gasteiger partial charge in [-0.3, -0.25) is 9.59 Å². The molecule has 0 bridgehead atoms. The summed E-state index contributed by atoms with van der Waals surface area (Å²) in [7, 11) is 0. The van der Waals surface area contributed by atoms with E-state index in [9.17, 15) is 9.59 Å². The highest BCUT2D eigenvalue weighted by Crippen LogP contribution is 2.15. The number of para-hydroxylation sites is 1. The van der Waals surface area contributed by atoms with Gasteiger partial charge in [-0.1, -0.05) is 18.2 Å². The summed E-state index contributed by atoms with van der Waals surface area (Å²) in [6, 6.07) is 7.10. The van der Waals surface area contributed by atoms with E-state index in [1.165, 1.54) is 0 Å². The number of benzene rings is 1. The predicted molar refractivity (Wildman–Crippen MR) is 67.9 cm³/mol. The summed E-state index contributed by atoms with van der Waals surface area (Å²) in [5.41, 5.74) is 6.49. The van der Waals surface area contributed by atoms with Gasteiger partial charge in [0.25, 0.3) is 0 Å². The Bertz CT molecular complexity index is 407. The maximum atomic E-state index is 11.5. The van der Waals surface area contributed by atoms with Crippen molar-refractivity contribution < 1.29 is 9.59 Å². The fourth-order valence-electron chi connectivity index (χ4n) is 1.42. The van der Waals surface area contributed by atoms with Gasteiger partial charge in [0.1, 0.15) is 0 Å². The SMILES string of the molecule is NC(=O)Cc1ccccc1NC(=O)CCCCl. The topological polar surface area (TPSA) is 72.2 Å². The van der Waals surface area contributed by atoms with Gasteiger partial charge in [0.2, 0.25) is 11.8 Å². The van der Waals surface area contributed by atoms with Crippen molar-refractivity contribution in [3.8, 4) is 0 Å². The van der Waals surface area contributed by atoms with Crippen molar-refractivity contribution in [1.82, 2.24) is 0 Å². The van der Waals surface area contributed by atoms with Crippen LogP contribution in [0.3, 0.4) is 0 Å². The molecular weight excluding hydrogens is 240 g/mol. The maximum absolute atomic E-state index is 11.5. The molecule has 0 unspecified atom stereocenters. The lowest BCUT2D eigenvalue weighted by Gasteiger charge is -2.09. The van der Waals surface area contributed by atoms with Crippen molar-refractivity contribution in [3.63, 3.8) is 0 Å². The number of halogens is 1. The molecule has 0 saturated carbocycles. The Labute approximate surface area is 105 Å². The zero-order valence-corrected chi connectivity index (χ0v) is 10.2. The molecule has 17 heavy (non-hydrogen) atoms. The Balaban J connectivity index is 2.69. The molecule has 0 heterocycles. The van der Waals surface area contributed by atoms with Gasteiger partial charge in [-0.25, -0.2) is 0 Å². The molecule has 1 aromatic carbocycles. The van der Waals surface area contributed by atoms with Crippen molar-refractivity contribution in [2.24, 2.45) is 5.73 Å². The first-order chi connectivity index (χ1) is 8.13. The van der Waals surface area contributed by atoms with E-state index in [-0.39, 0.29) is 12.3 Å². The first-order valence-electron chi connectivity index (χ1n) is 5.35. The molecule has 0 aromatic heterocycles. The normalized spacial score (nSPS) is 9.94. The summed E-state index contributed by atoms with van der Waals surface area (Å²) < 4.78 is 0. The van der Waals surface area contributed by atoms with Crippen LogP contribution in [0.5, 0.6) is 0 Å². The van der Waals surface area contributed by atoms with Gasteiger partial charge in [0, 0.05) is 18.0 Å². The molecule has 1 aromatic rings. The van der Waals surface area contributed by atoms with Crippen molar-refractivity contribution in [3.05, 3.63) is 29.8 Å². The Hall–Kier alpha value is -1.55. The zero-order valence-electron chi connectivity index (χ0n) is 9.41. The van der Waals surface area contributed by atoms with Gasteiger partial charge in [-0.2, -0.15) is 0 Å². The van der Waals surface area contributed by atoms with E-state index in [0.29, 0.717) is 24.4 Å². The largest absolute Gasteiger partial charge is 0.369 e. The minimum Gasteiger partial charge on any atom is -0.369 e. The van der Waals surface area contributed by atoms with Crippen molar-refractivity contribution in [2.45, 2.75) is 19.3 Å². The number of hydrogen-bond donors (Lipinski definition) is 2. The second-order valence-corrected chi connectivity index (χ2v) is 4.02. The fourth-order valence-corrected chi connectivity index (χ4v) is 1.56. The van der Waals surface area contributed by atoms with E-state index < -0.39 is 5.91 Å². The number of amides is 2. The standard InChI is InChI=1S/C12H15ClN2O2/c13-7-3-6-12(17)15-10-5-2-1-4-9(10)8-11(14)16/h1-2,4-5H,3,6-8H2,(H2,14,16)(H,15,17). The summed E-state index contributed by atoms with van der Waals surface area (Å²) in [4.78, 5) is 22.4. The minimum absolute atomic E-state index is 0.109. The summed E-state index contributed by atoms with van der Waals surface area (Å²) in [6.07, 6.45) is 1.12. The third-order valence-electron chi connectivity index (χ3n) is 2.19. The van der Waals surface area contributed by atoms with Crippen LogP contribution >= 0.6 is 11.6 Å². The van der Waals surface area contributed by atoms with Crippen molar-refractivity contribution >= 4 is 29.1 Å². The van der Waals surface area contributed by atoms with E-state index in [1.807, 2.05) is 0 Å². The molecule has 5 heteroatoms. The van der Waals surface area contributed by atoms with Gasteiger partial charge >= 0.3 is 0 Å². The van der Waals surface area contributed by atoms with Gasteiger partial charge in [-0.05, 0) is 18.1 Å². The minimum atomic E-state index is -0.424. The Kier molecular flexibility index (Phi) is 5.49. The quantitative estimate of drug-likeness (QED) is 0.758. The fraction of sp³-hybridized carbons (Fsp3) is 0.333. The van der Waals surface area contributed by atoms with Crippen molar-refractivity contribution in [1.29, 1.82) is 0 Å². The Morgan fingerprint density at radius 3 is 2.65 bits per heavy atom. The number of nitrogens with one attached hydrogen (secondary N) is 1. The number of anilines is 1. The predicted octanol–water partition coefficient (Wildman–Crippen LogP) is 1.67. The molecular formula is C12H15ClN2O2. The van der Waals surface area contributed by atoms with Crippen molar-refractivity contribution in [2.75, 3.05) is 11.2 Å². The highest BCUT2D eigenvalue weighted by atomic mass is 35.5. The molecule has 0 aliphatic rings. The van der Waals surface area contributed by atoms with Crippen LogP contribution in [0.2, 0.25) is 0 Å². The molecule has 4 nitrogen and oxygen atoms in total. The number of hydrogen-bond acceptors (Lipinski definition) is 2. The number of rotatable bonds is 6. The first kappa shape index (κ1) is 13.5. The van der Waals surface area contributed by atoms with Crippen LogP contribution < -0.4 is 11.1 Å². The smallest absolute Gasteiger partial charge is 0.224 e. The Morgan fingerprint density at radius 2 is 2.00 bits per heavy atom. The molecule has 0 atom stereocenters. The monoisotopic (exact) mass is 254 g/mol. The van der Waals surface area contributed by atoms with Crippen LogP contribution in [0.15, 0.2) is 24.3 Å². The van der Waals surface area contributed by atoms with Crippen LogP contribution in [-0.4, -0.2) is 17.7 Å². The van der Waals surface area contributed by atoms with Crippen LogP contribution in [0.1, 0.15) is 18.4 Å². The second kappa shape index (κ2) is 6.91. The molecule has 2 amide bonds. The molecule has 0 aliphatic heterocycles. The average molecular weight is 255 g/mol. The van der Waals surface area contributed by atoms with E-state index >= 15 is 0 Å². The third kappa shape index (κ3) is 4.87. The summed E-state index contributed by atoms with van der Waals surface area (Å²) in [5.74, 6) is -0.0777. The first-order valence-corrected chi connectivity index (χ1v) is 5.89. The van der Waals surface area contributed by atoms with Crippen LogP contribution in [0.25, 0.3) is 0 Å². The van der Waals surface area contributed by atoms with Gasteiger partial charge < -0.3 is 11.1 Å². The lowest BCUT2D eigenvalue weighted by molar-refractivity contribution is -0.118. The number of alkyl halides is 1. The number of carbonyl (C=O) groups is 2. The van der Waals surface area contributed by atoms with E-state index in [2.05, 4.69) is 5.32 Å². The molecule has 0 saturated heterocycles. The van der Waals surface area contributed by atoms with E-state index in [4.69, 9.17) is 17.3 Å². The molecule has 0 spiro atoms. The second-order valence-electron chi connectivity index (χ2n) is 3.64. The average Bonchev–Trinajstić information content (AvgIpc) is 2.28. The van der Waals surface area contributed by atoms with E-state index in [0.717, 1.165) is 5.56 Å². The van der Waals surface area contributed by atoms with Crippen LogP contribution in [0.4, 0.5) is 5.69 Å². The molecule has 1 rings (SSSR count). The van der Waals surface area contributed by atoms with Gasteiger partial charge in [0.15, 0.2) is 0 Å². The highest BCUT2D eigenvalue weighted by molar-refractivity contribution is 6.18. The molecule has 0 radical (unpaired) electrons. The van der Waals surface area contributed by atoms with Crippen LogP contribution in [0, 0.1) is 0 Å². The van der Waals surface area contributed by atoms with Gasteiger partial charge in [0.05, 0.1) is 6.42 Å². The number of carbonyl (C=O) groups excluding carboxylic acids is 2. The Morgan fingerprint density at radius 1 is 1.29 bits per heavy atom. The van der Waals surface area contributed by atoms with Crippen LogP contribution in [-0.2, 0) is 16.0 Å².